The van der Waals surface area contributed by atoms with Crippen molar-refractivity contribution in [1.29, 1.82) is 0 Å². The van der Waals surface area contributed by atoms with Crippen molar-refractivity contribution < 1.29 is 9.53 Å². The molecule has 2 saturated heterocycles. The number of rotatable bonds is 6. The van der Waals surface area contributed by atoms with Crippen LogP contribution in [0.25, 0.3) is 0 Å². The SMILES string of the molecule is CCN1CCCC1CN=C(N)NCCC1CCCN(C(=O)OC(C)(C)C)C1. The molecule has 2 unspecified atom stereocenters. The summed E-state index contributed by atoms with van der Waals surface area (Å²) in [5.74, 6) is 1.02. The highest BCUT2D eigenvalue weighted by atomic mass is 16.6. The van der Waals surface area contributed by atoms with Gasteiger partial charge in [-0.3, -0.25) is 9.89 Å². The van der Waals surface area contributed by atoms with Gasteiger partial charge in [-0.05, 0) is 71.9 Å². The van der Waals surface area contributed by atoms with Crippen LogP contribution in [0.2, 0.25) is 0 Å². The van der Waals surface area contributed by atoms with Crippen LogP contribution in [0, 0.1) is 5.92 Å². The molecule has 2 aliphatic rings. The van der Waals surface area contributed by atoms with Gasteiger partial charge in [0.2, 0.25) is 0 Å². The summed E-state index contributed by atoms with van der Waals surface area (Å²) >= 11 is 0. The van der Waals surface area contributed by atoms with Crippen LogP contribution in [0.3, 0.4) is 0 Å². The molecule has 7 nitrogen and oxygen atoms in total. The van der Waals surface area contributed by atoms with E-state index in [9.17, 15) is 4.79 Å². The fraction of sp³-hybridized carbons (Fsp3) is 0.900. The van der Waals surface area contributed by atoms with Gasteiger partial charge in [0.05, 0.1) is 6.54 Å². The Bertz CT molecular complexity index is 503. The molecule has 7 heteroatoms. The van der Waals surface area contributed by atoms with Crippen molar-refractivity contribution in [1.82, 2.24) is 15.1 Å². The lowest BCUT2D eigenvalue weighted by Crippen LogP contribution is -2.43. The third-order valence-electron chi connectivity index (χ3n) is 5.41. The fourth-order valence-corrected chi connectivity index (χ4v) is 3.98. The minimum absolute atomic E-state index is 0.196. The van der Waals surface area contributed by atoms with Gasteiger partial charge >= 0.3 is 6.09 Å². The molecule has 2 aliphatic heterocycles. The number of amides is 1. The van der Waals surface area contributed by atoms with Crippen LogP contribution in [-0.4, -0.2) is 72.8 Å². The largest absolute Gasteiger partial charge is 0.444 e. The third kappa shape index (κ3) is 7.56. The Kier molecular flexibility index (Phi) is 8.20. The van der Waals surface area contributed by atoms with E-state index in [1.807, 2.05) is 25.7 Å². The molecule has 27 heavy (non-hydrogen) atoms. The van der Waals surface area contributed by atoms with E-state index in [-0.39, 0.29) is 6.09 Å². The van der Waals surface area contributed by atoms with E-state index in [4.69, 9.17) is 10.5 Å². The van der Waals surface area contributed by atoms with Crippen LogP contribution in [0.4, 0.5) is 4.79 Å². The Hall–Kier alpha value is -1.50. The highest BCUT2D eigenvalue weighted by Gasteiger charge is 2.27. The first-order chi connectivity index (χ1) is 12.8. The molecule has 2 atom stereocenters. The van der Waals surface area contributed by atoms with Crippen LogP contribution in [-0.2, 0) is 4.74 Å². The quantitative estimate of drug-likeness (QED) is 0.545. The second kappa shape index (κ2) is 10.2. The topological polar surface area (TPSA) is 83.2 Å². The van der Waals surface area contributed by atoms with E-state index < -0.39 is 5.60 Å². The molecule has 0 bridgehead atoms. The van der Waals surface area contributed by atoms with Crippen LogP contribution >= 0.6 is 0 Å². The molecule has 3 N–H and O–H groups in total. The summed E-state index contributed by atoms with van der Waals surface area (Å²) in [4.78, 5) is 21.1. The Balaban J connectivity index is 1.68. The first-order valence-electron chi connectivity index (χ1n) is 10.5. The molecule has 0 spiro atoms. The minimum Gasteiger partial charge on any atom is -0.444 e. The van der Waals surface area contributed by atoms with E-state index in [2.05, 4.69) is 22.1 Å². The van der Waals surface area contributed by atoms with Gasteiger partial charge in [0, 0.05) is 25.7 Å². The van der Waals surface area contributed by atoms with Crippen molar-refractivity contribution in [2.75, 3.05) is 39.3 Å². The van der Waals surface area contributed by atoms with E-state index >= 15 is 0 Å². The van der Waals surface area contributed by atoms with Crippen molar-refractivity contribution in [2.24, 2.45) is 16.6 Å². The minimum atomic E-state index is -0.441. The second-order valence-corrected chi connectivity index (χ2v) is 8.80. The number of likely N-dealkylation sites (N-methyl/N-ethyl adjacent to an activating group) is 1. The van der Waals surface area contributed by atoms with Gasteiger partial charge in [-0.1, -0.05) is 6.92 Å². The number of nitrogens with zero attached hydrogens (tertiary/aromatic N) is 3. The van der Waals surface area contributed by atoms with Crippen molar-refractivity contribution in [3.8, 4) is 0 Å². The van der Waals surface area contributed by atoms with Gasteiger partial charge < -0.3 is 20.7 Å². The third-order valence-corrected chi connectivity index (χ3v) is 5.41. The van der Waals surface area contributed by atoms with Crippen LogP contribution in [0.15, 0.2) is 4.99 Å². The van der Waals surface area contributed by atoms with Crippen molar-refractivity contribution in [2.45, 2.75) is 71.4 Å². The molecule has 2 fully saturated rings. The predicted molar refractivity (Wildman–Crippen MR) is 110 cm³/mol. The summed E-state index contributed by atoms with van der Waals surface area (Å²) < 4.78 is 5.50. The maximum absolute atomic E-state index is 12.2. The molecule has 0 radical (unpaired) electrons. The average Bonchev–Trinajstić information content (AvgIpc) is 3.06. The molecule has 0 aliphatic carbocycles. The average molecular weight is 382 g/mol. The van der Waals surface area contributed by atoms with Crippen LogP contribution in [0.1, 0.15) is 59.8 Å². The van der Waals surface area contributed by atoms with Gasteiger partial charge in [0.1, 0.15) is 5.60 Å². The Labute approximate surface area is 164 Å². The van der Waals surface area contributed by atoms with Gasteiger partial charge in [-0.15, -0.1) is 0 Å². The van der Waals surface area contributed by atoms with E-state index in [1.54, 1.807) is 0 Å². The maximum Gasteiger partial charge on any atom is 0.410 e. The van der Waals surface area contributed by atoms with Crippen molar-refractivity contribution >= 4 is 12.1 Å². The van der Waals surface area contributed by atoms with Gasteiger partial charge in [-0.2, -0.15) is 0 Å². The number of piperidine rings is 1. The number of aliphatic imine (C=N–C) groups is 1. The fourth-order valence-electron chi connectivity index (χ4n) is 3.98. The molecular formula is C20H39N5O2. The van der Waals surface area contributed by atoms with E-state index in [0.717, 1.165) is 52.0 Å². The summed E-state index contributed by atoms with van der Waals surface area (Å²) in [5.41, 5.74) is 5.59. The molecule has 2 heterocycles. The molecule has 156 valence electrons. The maximum atomic E-state index is 12.2. The lowest BCUT2D eigenvalue weighted by molar-refractivity contribution is 0.0162. The summed E-state index contributed by atoms with van der Waals surface area (Å²) in [7, 11) is 0. The second-order valence-electron chi connectivity index (χ2n) is 8.80. The number of nitrogens with one attached hydrogen (secondary N) is 1. The number of hydrogen-bond acceptors (Lipinski definition) is 4. The normalized spacial score (nSPS) is 24.9. The zero-order chi connectivity index (χ0) is 19.9. The first kappa shape index (κ1) is 21.8. The molecule has 1 amide bonds. The smallest absolute Gasteiger partial charge is 0.410 e. The molecule has 0 aromatic rings. The highest BCUT2D eigenvalue weighted by molar-refractivity contribution is 5.77. The predicted octanol–water partition coefficient (Wildman–Crippen LogP) is 2.41. The van der Waals surface area contributed by atoms with Crippen molar-refractivity contribution in [3.05, 3.63) is 0 Å². The molecule has 0 aromatic carbocycles. The Morgan fingerprint density at radius 1 is 1.26 bits per heavy atom. The summed E-state index contributed by atoms with van der Waals surface area (Å²) in [6.07, 6.45) is 5.44. The lowest BCUT2D eigenvalue weighted by Gasteiger charge is -2.34. The van der Waals surface area contributed by atoms with Crippen LogP contribution < -0.4 is 11.1 Å². The van der Waals surface area contributed by atoms with E-state index in [0.29, 0.717) is 17.9 Å². The Morgan fingerprint density at radius 2 is 2.00 bits per heavy atom. The molecule has 0 aromatic heterocycles. The number of ether oxygens (including phenoxy) is 1. The number of nitrogens with two attached hydrogens (primary N) is 1. The van der Waals surface area contributed by atoms with Gasteiger partial charge in [-0.25, -0.2) is 4.79 Å². The zero-order valence-corrected chi connectivity index (χ0v) is 17.7. The molecule has 2 rings (SSSR count). The zero-order valence-electron chi connectivity index (χ0n) is 17.7. The first-order valence-corrected chi connectivity index (χ1v) is 10.5. The monoisotopic (exact) mass is 381 g/mol. The lowest BCUT2D eigenvalue weighted by atomic mass is 9.95. The number of hydrogen-bond donors (Lipinski definition) is 2. The van der Waals surface area contributed by atoms with Crippen LogP contribution in [0.5, 0.6) is 0 Å². The summed E-state index contributed by atoms with van der Waals surface area (Å²) in [6, 6.07) is 0.538. The summed E-state index contributed by atoms with van der Waals surface area (Å²) in [5, 5.41) is 3.24. The molecular weight excluding hydrogens is 342 g/mol. The number of carbonyl (C=O) groups excluding carboxylic acids is 1. The summed E-state index contributed by atoms with van der Waals surface area (Å²) in [6.45, 7) is 13.3. The van der Waals surface area contributed by atoms with E-state index in [1.165, 1.54) is 19.4 Å². The highest BCUT2D eigenvalue weighted by Crippen LogP contribution is 2.21. The number of likely N-dealkylation sites (tertiary alicyclic amines) is 2. The molecule has 0 saturated carbocycles. The van der Waals surface area contributed by atoms with Gasteiger partial charge in [0.25, 0.3) is 0 Å². The Morgan fingerprint density at radius 3 is 2.70 bits per heavy atom. The number of carbonyl (C=O) groups is 1. The van der Waals surface area contributed by atoms with Gasteiger partial charge in [0.15, 0.2) is 5.96 Å². The standard InChI is InChI=1S/C20H39N5O2/c1-5-24-12-7-9-17(24)14-23-18(21)22-11-10-16-8-6-13-25(15-16)19(26)27-20(2,3)4/h16-17H,5-15H2,1-4H3,(H3,21,22,23). The van der Waals surface area contributed by atoms with Crippen molar-refractivity contribution in [3.63, 3.8) is 0 Å². The number of guanidine groups is 1.